The van der Waals surface area contributed by atoms with E-state index in [0.717, 1.165) is 12.1 Å². The predicted octanol–water partition coefficient (Wildman–Crippen LogP) is 2.23. The zero-order valence-electron chi connectivity index (χ0n) is 11.8. The maximum atomic E-state index is 12.6. The van der Waals surface area contributed by atoms with Crippen molar-refractivity contribution in [2.75, 3.05) is 5.73 Å². The summed E-state index contributed by atoms with van der Waals surface area (Å²) in [6.45, 7) is 0.328. The molecule has 2 aromatic rings. The van der Waals surface area contributed by atoms with Crippen molar-refractivity contribution in [3.05, 3.63) is 41.2 Å². The van der Waals surface area contributed by atoms with Gasteiger partial charge in [0.05, 0.1) is 12.1 Å². The first-order chi connectivity index (χ1) is 10.8. The second-order valence-corrected chi connectivity index (χ2v) is 5.45. The summed E-state index contributed by atoms with van der Waals surface area (Å²) in [4.78, 5) is 15.3. The minimum Gasteiger partial charge on any atom is -0.481 e. The van der Waals surface area contributed by atoms with E-state index in [1.165, 1.54) is 16.8 Å². The van der Waals surface area contributed by atoms with Crippen LogP contribution in [0.5, 0.6) is 0 Å². The van der Waals surface area contributed by atoms with Gasteiger partial charge in [0.25, 0.3) is 0 Å². The number of hydrogen-bond donors (Lipinski definition) is 2. The van der Waals surface area contributed by atoms with Crippen molar-refractivity contribution in [1.29, 1.82) is 0 Å². The van der Waals surface area contributed by atoms with Crippen LogP contribution in [0, 0.1) is 0 Å². The number of nitrogens with zero attached hydrogens (tertiary/aromatic N) is 3. The highest BCUT2D eigenvalue weighted by atomic mass is 19.4. The molecule has 2 unspecified atom stereocenters. The first-order valence-electron chi connectivity index (χ1n) is 6.86. The zero-order chi connectivity index (χ0) is 16.8. The fourth-order valence-corrected chi connectivity index (χ4v) is 2.83. The van der Waals surface area contributed by atoms with E-state index >= 15 is 0 Å². The number of nitrogen functional groups attached to an aromatic ring is 1. The van der Waals surface area contributed by atoms with Gasteiger partial charge in [0, 0.05) is 5.92 Å². The number of carboxylic acid groups (broad SMARTS) is 1. The van der Waals surface area contributed by atoms with Gasteiger partial charge >= 0.3 is 12.1 Å². The molecule has 23 heavy (non-hydrogen) atoms. The monoisotopic (exact) mass is 326 g/mol. The SMILES string of the molecule is Nc1nc2n(n1)CC(c1ccc(C(F)(F)F)cc1)CC2C(=O)O. The van der Waals surface area contributed by atoms with Gasteiger partial charge < -0.3 is 10.8 Å². The van der Waals surface area contributed by atoms with E-state index in [2.05, 4.69) is 10.1 Å². The summed E-state index contributed by atoms with van der Waals surface area (Å²) in [5, 5.41) is 13.3. The number of aliphatic carboxylic acids is 1. The number of benzene rings is 1. The van der Waals surface area contributed by atoms with Crippen LogP contribution in [-0.2, 0) is 17.5 Å². The highest BCUT2D eigenvalue weighted by Gasteiger charge is 2.36. The molecule has 3 N–H and O–H groups in total. The molecule has 6 nitrogen and oxygen atoms in total. The highest BCUT2D eigenvalue weighted by molar-refractivity contribution is 5.75. The molecule has 0 saturated heterocycles. The zero-order valence-corrected chi connectivity index (χ0v) is 11.8. The summed E-state index contributed by atoms with van der Waals surface area (Å²) >= 11 is 0. The predicted molar refractivity (Wildman–Crippen MR) is 73.6 cm³/mol. The van der Waals surface area contributed by atoms with Gasteiger partial charge in [0.2, 0.25) is 5.95 Å². The Morgan fingerprint density at radius 2 is 1.96 bits per heavy atom. The molecule has 1 aromatic carbocycles. The molecule has 1 aromatic heterocycles. The summed E-state index contributed by atoms with van der Waals surface area (Å²) in [5.41, 5.74) is 5.40. The summed E-state index contributed by atoms with van der Waals surface area (Å²) in [5.74, 6) is -1.96. The van der Waals surface area contributed by atoms with Crippen molar-refractivity contribution in [2.24, 2.45) is 0 Å². The molecular weight excluding hydrogens is 313 g/mol. The molecule has 0 radical (unpaired) electrons. The molecule has 0 saturated carbocycles. The number of alkyl halides is 3. The molecule has 0 fully saturated rings. The lowest BCUT2D eigenvalue weighted by Crippen LogP contribution is -2.28. The first kappa shape index (κ1) is 15.3. The number of aromatic nitrogens is 3. The van der Waals surface area contributed by atoms with Crippen LogP contribution in [-0.4, -0.2) is 25.8 Å². The van der Waals surface area contributed by atoms with E-state index in [9.17, 15) is 23.1 Å². The van der Waals surface area contributed by atoms with Gasteiger partial charge in [-0.05, 0) is 24.1 Å². The molecule has 0 spiro atoms. The third-order valence-electron chi connectivity index (χ3n) is 3.95. The van der Waals surface area contributed by atoms with Crippen LogP contribution in [0.2, 0.25) is 0 Å². The molecule has 0 aliphatic carbocycles. The van der Waals surface area contributed by atoms with E-state index in [4.69, 9.17) is 5.73 Å². The Hall–Kier alpha value is -2.58. The normalized spacial score (nSPS) is 21.0. The van der Waals surface area contributed by atoms with Crippen LogP contribution >= 0.6 is 0 Å². The number of nitrogens with two attached hydrogens (primary N) is 1. The number of hydrogen-bond acceptors (Lipinski definition) is 4. The standard InChI is InChI=1S/C14H13F3N4O2/c15-14(16,17)9-3-1-7(2-4-9)8-5-10(12(22)23)11-19-13(18)20-21(11)6-8/h1-4,8,10H,5-6H2,(H2,18,20)(H,22,23). The van der Waals surface area contributed by atoms with Gasteiger partial charge in [-0.1, -0.05) is 12.1 Å². The number of anilines is 1. The van der Waals surface area contributed by atoms with Crippen LogP contribution in [0.4, 0.5) is 19.1 Å². The molecular formula is C14H13F3N4O2. The number of halogens is 3. The molecule has 0 amide bonds. The van der Waals surface area contributed by atoms with Crippen molar-refractivity contribution < 1.29 is 23.1 Å². The van der Waals surface area contributed by atoms with E-state index in [0.29, 0.717) is 12.1 Å². The molecule has 2 heterocycles. The Morgan fingerprint density at radius 3 is 2.52 bits per heavy atom. The lowest BCUT2D eigenvalue weighted by molar-refractivity contribution is -0.140. The minimum absolute atomic E-state index is 0.0145. The summed E-state index contributed by atoms with van der Waals surface area (Å²) in [6, 6.07) is 4.74. The lowest BCUT2D eigenvalue weighted by atomic mass is 9.85. The van der Waals surface area contributed by atoms with Crippen LogP contribution in [0.15, 0.2) is 24.3 Å². The first-order valence-corrected chi connectivity index (χ1v) is 6.86. The van der Waals surface area contributed by atoms with E-state index < -0.39 is 23.6 Å². The van der Waals surface area contributed by atoms with Crippen LogP contribution in [0.25, 0.3) is 0 Å². The highest BCUT2D eigenvalue weighted by Crippen LogP contribution is 2.37. The lowest BCUT2D eigenvalue weighted by Gasteiger charge is -2.27. The van der Waals surface area contributed by atoms with Crippen molar-refractivity contribution in [3.63, 3.8) is 0 Å². The Balaban J connectivity index is 1.91. The number of rotatable bonds is 2. The second kappa shape index (κ2) is 5.25. The van der Waals surface area contributed by atoms with Gasteiger partial charge in [-0.2, -0.15) is 18.2 Å². The average molecular weight is 326 g/mol. The Kier molecular flexibility index (Phi) is 3.50. The molecule has 1 aliphatic heterocycles. The van der Waals surface area contributed by atoms with Gasteiger partial charge in [-0.25, -0.2) is 4.68 Å². The number of fused-ring (bicyclic) bond motifs is 1. The Bertz CT molecular complexity index is 739. The van der Waals surface area contributed by atoms with Gasteiger partial charge in [-0.15, -0.1) is 5.10 Å². The average Bonchev–Trinajstić information content (AvgIpc) is 2.85. The van der Waals surface area contributed by atoms with Crippen LogP contribution < -0.4 is 5.73 Å². The Morgan fingerprint density at radius 1 is 1.30 bits per heavy atom. The summed E-state index contributed by atoms with van der Waals surface area (Å²) < 4.78 is 39.3. The topological polar surface area (TPSA) is 94.0 Å². The van der Waals surface area contributed by atoms with Crippen LogP contribution in [0.1, 0.15) is 35.2 Å². The summed E-state index contributed by atoms with van der Waals surface area (Å²) in [6.07, 6.45) is -4.17. The van der Waals surface area contributed by atoms with E-state index in [1.54, 1.807) is 0 Å². The fourth-order valence-electron chi connectivity index (χ4n) is 2.83. The maximum absolute atomic E-state index is 12.6. The molecule has 122 valence electrons. The number of carbonyl (C=O) groups is 1. The summed E-state index contributed by atoms with van der Waals surface area (Å²) in [7, 11) is 0. The van der Waals surface area contributed by atoms with Crippen molar-refractivity contribution in [3.8, 4) is 0 Å². The van der Waals surface area contributed by atoms with Crippen molar-refractivity contribution in [2.45, 2.75) is 31.0 Å². The van der Waals surface area contributed by atoms with Crippen LogP contribution in [0.3, 0.4) is 0 Å². The van der Waals surface area contributed by atoms with E-state index in [1.807, 2.05) is 0 Å². The van der Waals surface area contributed by atoms with E-state index in [-0.39, 0.29) is 24.1 Å². The molecule has 1 aliphatic rings. The second-order valence-electron chi connectivity index (χ2n) is 5.45. The molecule has 3 rings (SSSR count). The third kappa shape index (κ3) is 2.86. The quantitative estimate of drug-likeness (QED) is 0.882. The number of carboxylic acids is 1. The molecule has 0 bridgehead atoms. The molecule has 2 atom stereocenters. The molecule has 9 heteroatoms. The smallest absolute Gasteiger partial charge is 0.416 e. The third-order valence-corrected chi connectivity index (χ3v) is 3.95. The fraction of sp³-hybridized carbons (Fsp3) is 0.357. The van der Waals surface area contributed by atoms with Gasteiger partial charge in [0.15, 0.2) is 0 Å². The minimum atomic E-state index is -4.40. The Labute approximate surface area is 128 Å². The largest absolute Gasteiger partial charge is 0.481 e. The van der Waals surface area contributed by atoms with Crippen molar-refractivity contribution in [1.82, 2.24) is 14.8 Å². The van der Waals surface area contributed by atoms with Gasteiger partial charge in [-0.3, -0.25) is 4.79 Å². The van der Waals surface area contributed by atoms with Gasteiger partial charge in [0.1, 0.15) is 11.7 Å². The van der Waals surface area contributed by atoms with Crippen molar-refractivity contribution >= 4 is 11.9 Å². The maximum Gasteiger partial charge on any atom is 0.416 e.